The van der Waals surface area contributed by atoms with Crippen molar-refractivity contribution in [2.24, 2.45) is 0 Å². The van der Waals surface area contributed by atoms with Gasteiger partial charge in [-0.2, -0.15) is 26.3 Å². The van der Waals surface area contributed by atoms with Gasteiger partial charge in [0.1, 0.15) is 0 Å². The Hall–Kier alpha value is -0.760. The summed E-state index contributed by atoms with van der Waals surface area (Å²) in [5, 5.41) is -7.01. The van der Waals surface area contributed by atoms with Gasteiger partial charge in [-0.1, -0.05) is 0 Å². The minimum Gasteiger partial charge on any atom is -0.743 e. The topological polar surface area (TPSA) is 66.4 Å². The lowest BCUT2D eigenvalue weighted by molar-refractivity contribution is -0.479. The minimum absolute atomic E-state index is 1.40. The Bertz CT molecular complexity index is 409. The summed E-state index contributed by atoms with van der Waals surface area (Å²) in [5.41, 5.74) is 0. The van der Waals surface area contributed by atoms with Crippen LogP contribution in [0.25, 0.3) is 0 Å². The molecule has 0 aliphatic carbocycles. The van der Waals surface area contributed by atoms with Crippen LogP contribution in [0, 0.1) is 0 Å². The van der Waals surface area contributed by atoms with Gasteiger partial charge in [-0.25, -0.2) is 13.2 Å². The number of rotatable bonds is 4. The van der Waals surface area contributed by atoms with Gasteiger partial charge in [0.05, 0.1) is 0 Å². The molecular formula is C4F9O4S-. The van der Waals surface area contributed by atoms with Crippen LogP contribution in [-0.2, 0) is 14.9 Å². The second-order valence-corrected chi connectivity index (χ2v) is 4.03. The zero-order valence-electron chi connectivity index (χ0n) is 7.44. The molecule has 0 heterocycles. The lowest BCUT2D eigenvalue weighted by atomic mass is 10.3. The molecule has 0 bridgehead atoms. The molecule has 0 saturated heterocycles. The van der Waals surface area contributed by atoms with Crippen molar-refractivity contribution < 1.29 is 57.2 Å². The molecule has 4 nitrogen and oxygen atoms in total. The zero-order chi connectivity index (χ0) is 15.2. The quantitative estimate of drug-likeness (QED) is 0.587. The maximum absolute atomic E-state index is 12.3. The van der Waals surface area contributed by atoms with E-state index in [0.29, 0.717) is 0 Å². The Morgan fingerprint density at radius 2 is 1.17 bits per heavy atom. The first-order valence-electron chi connectivity index (χ1n) is 3.31. The smallest absolute Gasteiger partial charge is 0.527 e. The third-order valence-electron chi connectivity index (χ3n) is 1.29. The van der Waals surface area contributed by atoms with E-state index in [1.807, 2.05) is 0 Å². The van der Waals surface area contributed by atoms with E-state index in [0.717, 1.165) is 0 Å². The predicted molar refractivity (Wildman–Crippen MR) is 31.7 cm³/mol. The van der Waals surface area contributed by atoms with Crippen molar-refractivity contribution in [2.45, 2.75) is 23.6 Å². The van der Waals surface area contributed by atoms with Crippen molar-refractivity contribution in [1.82, 2.24) is 0 Å². The highest BCUT2D eigenvalue weighted by atomic mass is 32.2. The van der Waals surface area contributed by atoms with Gasteiger partial charge in [0.2, 0.25) is 0 Å². The predicted octanol–water partition coefficient (Wildman–Crippen LogP) is 1.89. The van der Waals surface area contributed by atoms with E-state index in [1.54, 1.807) is 0 Å². The van der Waals surface area contributed by atoms with E-state index in [-0.39, 0.29) is 0 Å². The highest BCUT2D eigenvalue weighted by Crippen LogP contribution is 2.50. The normalized spacial score (nSPS) is 15.9. The largest absolute Gasteiger partial charge is 0.743 e. The molecular weight excluding hydrogens is 315 g/mol. The SMILES string of the molecule is O=S(=O)([O-])C(F)(F)C(F)(F)C(F)(F)OC(F)(F)F. The third kappa shape index (κ3) is 2.97. The highest BCUT2D eigenvalue weighted by molar-refractivity contribution is 7.86. The summed E-state index contributed by atoms with van der Waals surface area (Å²) in [6, 6.07) is 0. The molecule has 14 heteroatoms. The average Bonchev–Trinajstić information content (AvgIpc) is 1.95. The van der Waals surface area contributed by atoms with Crippen molar-refractivity contribution >= 4 is 10.1 Å². The molecule has 0 radical (unpaired) electrons. The second-order valence-electron chi connectivity index (χ2n) is 2.61. The zero-order valence-corrected chi connectivity index (χ0v) is 8.26. The number of halogens is 9. The van der Waals surface area contributed by atoms with Crippen molar-refractivity contribution in [2.75, 3.05) is 0 Å². The standard InChI is InChI=1S/C4HF9O4S/c5-1(6,3(9,10)18(14,15)16)2(7,8)17-4(11,12)13/h(H,14,15,16)/p-1. The van der Waals surface area contributed by atoms with Gasteiger partial charge in [-0.05, 0) is 0 Å². The summed E-state index contributed by atoms with van der Waals surface area (Å²) >= 11 is 0. The summed E-state index contributed by atoms with van der Waals surface area (Å²) in [6.45, 7) is 0. The molecule has 0 atom stereocenters. The molecule has 110 valence electrons. The molecule has 0 fully saturated rings. The molecule has 0 spiro atoms. The number of alkyl halides is 9. The van der Waals surface area contributed by atoms with E-state index in [9.17, 15) is 52.5 Å². The molecule has 0 amide bonds. The van der Waals surface area contributed by atoms with Crippen LogP contribution in [0.15, 0.2) is 0 Å². The van der Waals surface area contributed by atoms with Gasteiger partial charge in [-0.3, -0.25) is 0 Å². The molecule has 18 heavy (non-hydrogen) atoms. The van der Waals surface area contributed by atoms with Crippen molar-refractivity contribution in [3.05, 3.63) is 0 Å². The lowest BCUT2D eigenvalue weighted by Crippen LogP contribution is -2.59. The van der Waals surface area contributed by atoms with Crippen molar-refractivity contribution in [1.29, 1.82) is 0 Å². The van der Waals surface area contributed by atoms with Gasteiger partial charge in [0.25, 0.3) is 0 Å². The molecule has 0 aromatic rings. The first-order chi connectivity index (χ1) is 7.46. The van der Waals surface area contributed by atoms with Crippen LogP contribution in [0.2, 0.25) is 0 Å². The van der Waals surface area contributed by atoms with Crippen molar-refractivity contribution in [3.8, 4) is 0 Å². The van der Waals surface area contributed by atoms with Gasteiger partial charge >= 0.3 is 23.6 Å². The second kappa shape index (κ2) is 4.12. The number of hydrogen-bond donors (Lipinski definition) is 0. The van der Waals surface area contributed by atoms with Gasteiger partial charge in [0.15, 0.2) is 10.1 Å². The first kappa shape index (κ1) is 17.2. The van der Waals surface area contributed by atoms with Gasteiger partial charge < -0.3 is 4.55 Å². The van der Waals surface area contributed by atoms with Crippen molar-refractivity contribution in [3.63, 3.8) is 0 Å². The van der Waals surface area contributed by atoms with E-state index < -0.39 is 33.8 Å². The fraction of sp³-hybridized carbons (Fsp3) is 1.00. The molecule has 0 unspecified atom stereocenters. The molecule has 0 aromatic carbocycles. The first-order valence-corrected chi connectivity index (χ1v) is 4.72. The van der Waals surface area contributed by atoms with E-state index in [1.165, 1.54) is 4.74 Å². The Kier molecular flexibility index (Phi) is 3.95. The fourth-order valence-electron chi connectivity index (χ4n) is 0.536. The molecule has 0 rings (SSSR count). The average molecular weight is 315 g/mol. The van der Waals surface area contributed by atoms with Crippen LogP contribution in [0.3, 0.4) is 0 Å². The Morgan fingerprint density at radius 1 is 0.833 bits per heavy atom. The third-order valence-corrected chi connectivity index (χ3v) is 2.17. The van der Waals surface area contributed by atoms with Crippen LogP contribution in [-0.4, -0.2) is 36.6 Å². The summed E-state index contributed by atoms with van der Waals surface area (Å²) in [6.07, 6.45) is -13.4. The van der Waals surface area contributed by atoms with Crippen LogP contribution in [0.1, 0.15) is 0 Å². The van der Waals surface area contributed by atoms with Crippen LogP contribution in [0.4, 0.5) is 39.5 Å². The summed E-state index contributed by atoms with van der Waals surface area (Å²) in [5.74, 6) is -7.23. The highest BCUT2D eigenvalue weighted by Gasteiger charge is 2.78. The summed E-state index contributed by atoms with van der Waals surface area (Å²) in [4.78, 5) is 0. The minimum atomic E-state index is -7.36. The Labute approximate surface area is 92.1 Å². The van der Waals surface area contributed by atoms with E-state index in [2.05, 4.69) is 0 Å². The summed E-state index contributed by atoms with van der Waals surface area (Å²) < 4.78 is 137. The molecule has 0 N–H and O–H groups in total. The van der Waals surface area contributed by atoms with Crippen LogP contribution < -0.4 is 0 Å². The molecule has 0 aromatic heterocycles. The van der Waals surface area contributed by atoms with Crippen LogP contribution >= 0.6 is 0 Å². The molecule has 0 aliphatic heterocycles. The maximum Gasteiger partial charge on any atom is 0.527 e. The van der Waals surface area contributed by atoms with Gasteiger partial charge in [-0.15, -0.1) is 13.2 Å². The Balaban J connectivity index is 5.65. The number of ether oxygens (including phenoxy) is 1. The maximum atomic E-state index is 12.3. The monoisotopic (exact) mass is 315 g/mol. The van der Waals surface area contributed by atoms with E-state index >= 15 is 0 Å². The fourth-order valence-corrected chi connectivity index (χ4v) is 0.969. The molecule has 0 aliphatic rings. The molecule has 0 saturated carbocycles. The summed E-state index contributed by atoms with van der Waals surface area (Å²) in [7, 11) is -7.36. The van der Waals surface area contributed by atoms with Crippen LogP contribution in [0.5, 0.6) is 0 Å². The number of hydrogen-bond acceptors (Lipinski definition) is 4. The van der Waals surface area contributed by atoms with E-state index in [4.69, 9.17) is 0 Å². The van der Waals surface area contributed by atoms with Gasteiger partial charge in [0, 0.05) is 0 Å². The lowest BCUT2D eigenvalue weighted by Gasteiger charge is -2.33. The Morgan fingerprint density at radius 3 is 1.39 bits per heavy atom.